The molecule has 1 unspecified atom stereocenters. The van der Waals surface area contributed by atoms with E-state index in [-0.39, 0.29) is 14.6 Å². The minimum Gasteiger partial charge on any atom is -1.00 e. The molecule has 0 bridgehead atoms. The Bertz CT molecular complexity index is 2230. The molecule has 1 nitrogen and oxygen atoms in total. The average Bonchev–Trinajstić information content (AvgIpc) is 3.22. The molecule has 8 aromatic rings. The SMILES string of the molecule is Cc1ccccc1-c1cc(-c2ccccc2)cc(-c2ccccc2C)[o+]1.Cc1ccccc1-c1cc(-c2ccccc2)cc(-c2ccccc2C)p1.FB(F)F.P.[F-]. The fraction of sp³-hybridized carbons (Fsp3) is 0.0800. The Morgan fingerprint density at radius 3 is 0.983 bits per heavy atom. The Hall–Kier alpha value is -5.67. The van der Waals surface area contributed by atoms with Crippen LogP contribution < -0.4 is 4.70 Å². The van der Waals surface area contributed by atoms with Crippen molar-refractivity contribution in [3.8, 4) is 66.6 Å². The third-order valence-electron chi connectivity index (χ3n) is 9.50. The lowest BCUT2D eigenvalue weighted by molar-refractivity contribution is -0.0000144. The lowest BCUT2D eigenvalue weighted by Gasteiger charge is -2.13. The number of hydrogen-bond donors (Lipinski definition) is 0. The normalized spacial score (nSPS) is 10.1. The van der Waals surface area contributed by atoms with E-state index >= 15 is 0 Å². The van der Waals surface area contributed by atoms with Gasteiger partial charge in [-0.2, -0.15) is 9.90 Å². The number of hydrogen-bond acceptors (Lipinski definition) is 0. The molecule has 0 amide bonds. The van der Waals surface area contributed by atoms with Crippen molar-refractivity contribution in [1.82, 2.24) is 0 Å². The van der Waals surface area contributed by atoms with Gasteiger partial charge in [0.15, 0.2) is 0 Å². The summed E-state index contributed by atoms with van der Waals surface area (Å²) in [7, 11) is -2.40. The number of halogens is 4. The van der Waals surface area contributed by atoms with E-state index in [1.54, 1.807) is 0 Å². The van der Waals surface area contributed by atoms with Crippen LogP contribution in [0.5, 0.6) is 0 Å². The summed E-state index contributed by atoms with van der Waals surface area (Å²) in [6.07, 6.45) is 0. The summed E-state index contributed by atoms with van der Waals surface area (Å²) in [5.41, 5.74) is 14.9. The van der Waals surface area contributed by atoms with Gasteiger partial charge >= 0.3 is 19.1 Å². The quantitative estimate of drug-likeness (QED) is 0.0705. The molecule has 6 aromatic carbocycles. The Morgan fingerprint density at radius 1 is 0.379 bits per heavy atom. The Balaban J connectivity index is 0.000000228. The zero-order chi connectivity index (χ0) is 39.4. The molecule has 0 aliphatic carbocycles. The Morgan fingerprint density at radius 2 is 0.655 bits per heavy atom. The first-order valence-electron chi connectivity index (χ1n) is 18.5. The second-order valence-corrected chi connectivity index (χ2v) is 14.6. The van der Waals surface area contributed by atoms with Crippen LogP contribution in [-0.2, 0) is 0 Å². The summed E-state index contributed by atoms with van der Waals surface area (Å²) in [6, 6.07) is 64.1. The zero-order valence-corrected chi connectivity index (χ0v) is 35.3. The lowest BCUT2D eigenvalue weighted by atomic mass is 9.99. The minimum atomic E-state index is -3.67. The van der Waals surface area contributed by atoms with Gasteiger partial charge in [0, 0.05) is 16.2 Å². The monoisotopic (exact) mass is 810 g/mol. The highest BCUT2D eigenvalue weighted by Crippen LogP contribution is 2.42. The van der Waals surface area contributed by atoms with Gasteiger partial charge in [-0.05, 0) is 102 Å². The molecule has 2 heterocycles. The van der Waals surface area contributed by atoms with Crippen molar-refractivity contribution < 1.29 is 22.1 Å². The van der Waals surface area contributed by atoms with E-state index in [1.807, 2.05) is 6.07 Å². The van der Waals surface area contributed by atoms with Gasteiger partial charge in [0.25, 0.3) is 0 Å². The van der Waals surface area contributed by atoms with Gasteiger partial charge in [-0.3, -0.25) is 12.9 Å². The number of rotatable bonds is 6. The van der Waals surface area contributed by atoms with Gasteiger partial charge in [0.1, 0.15) is 0 Å². The summed E-state index contributed by atoms with van der Waals surface area (Å²) in [4.78, 5) is 0. The van der Waals surface area contributed by atoms with E-state index in [1.165, 1.54) is 68.9 Å². The molecule has 0 aliphatic heterocycles. The molecule has 58 heavy (non-hydrogen) atoms. The van der Waals surface area contributed by atoms with Gasteiger partial charge in [-0.25, -0.2) is 4.42 Å². The second-order valence-electron chi connectivity index (χ2n) is 13.4. The highest BCUT2D eigenvalue weighted by Gasteiger charge is 2.22. The largest absolute Gasteiger partial charge is 1.00 e. The molecule has 2 aromatic heterocycles. The summed E-state index contributed by atoms with van der Waals surface area (Å²) < 4.78 is 35.4. The van der Waals surface area contributed by atoms with Crippen molar-refractivity contribution in [2.45, 2.75) is 27.7 Å². The summed E-state index contributed by atoms with van der Waals surface area (Å²) in [5, 5.41) is 2.73. The number of benzene rings is 6. The maximum Gasteiger partial charge on any atom is 0.762 e. The molecule has 8 rings (SSSR count). The number of aryl methyl sites for hydroxylation is 4. The molecule has 0 radical (unpaired) electrons. The van der Waals surface area contributed by atoms with Crippen molar-refractivity contribution >= 4 is 25.6 Å². The Labute approximate surface area is 345 Å². The second kappa shape index (κ2) is 21.7. The molecule has 0 saturated heterocycles. The third-order valence-corrected chi connectivity index (χ3v) is 10.7. The predicted molar refractivity (Wildman–Crippen MR) is 244 cm³/mol. The van der Waals surface area contributed by atoms with Crippen molar-refractivity contribution in [2.24, 2.45) is 0 Å². The van der Waals surface area contributed by atoms with Crippen molar-refractivity contribution in [3.05, 3.63) is 204 Å². The Kier molecular flexibility index (Phi) is 16.9. The molecule has 0 N–H and O–H groups in total. The minimum absolute atomic E-state index is 0. The molecule has 292 valence electrons. The molecular weight excluding hydrogens is 765 g/mol. The molecule has 0 saturated carbocycles. The van der Waals surface area contributed by atoms with Gasteiger partial charge in [-0.1, -0.05) is 154 Å². The average molecular weight is 811 g/mol. The molecule has 0 fully saturated rings. The fourth-order valence-electron chi connectivity index (χ4n) is 6.59. The predicted octanol–water partition coefficient (Wildman–Crippen LogP) is 13.0. The fourth-order valence-corrected chi connectivity index (χ4v) is 8.00. The van der Waals surface area contributed by atoms with Crippen LogP contribution in [-0.4, -0.2) is 7.54 Å². The molecule has 0 aliphatic rings. The van der Waals surface area contributed by atoms with E-state index in [0.717, 1.165) is 28.2 Å². The molecule has 1 atom stereocenters. The first-order chi connectivity index (χ1) is 27.2. The summed E-state index contributed by atoms with van der Waals surface area (Å²) >= 11 is 0. The van der Waals surface area contributed by atoms with Crippen LogP contribution in [0.25, 0.3) is 66.6 Å². The van der Waals surface area contributed by atoms with Gasteiger partial charge < -0.3 is 4.70 Å². The van der Waals surface area contributed by atoms with Crippen LogP contribution in [0.2, 0.25) is 0 Å². The van der Waals surface area contributed by atoms with Gasteiger partial charge in [0.05, 0.1) is 23.3 Å². The summed E-state index contributed by atoms with van der Waals surface area (Å²) in [6.45, 7) is 8.63. The van der Waals surface area contributed by atoms with Crippen LogP contribution in [0.15, 0.2) is 186 Å². The molecule has 0 spiro atoms. The van der Waals surface area contributed by atoms with Crippen LogP contribution in [0.4, 0.5) is 12.9 Å². The topological polar surface area (TPSA) is 11.3 Å². The van der Waals surface area contributed by atoms with Crippen LogP contribution in [0.1, 0.15) is 22.3 Å². The maximum atomic E-state index is 9.67. The van der Waals surface area contributed by atoms with E-state index in [4.69, 9.17) is 4.42 Å². The standard InChI is InChI=1S/C25H21O.C25H21P.BF3.FH.H3P/c2*1-18-10-6-8-14-22(18)24-16-21(20-12-4-3-5-13-20)17-25(26-24)23-15-9-7-11-19(23)2;2-1(3)4;;/h2*3-17H,1-2H3;;1H;1H3/q+1;;;;/p-1. The molecule has 8 heteroatoms. The van der Waals surface area contributed by atoms with E-state index in [2.05, 4.69) is 204 Å². The van der Waals surface area contributed by atoms with Gasteiger partial charge in [0.2, 0.25) is 0 Å². The maximum absolute atomic E-state index is 9.67. The van der Waals surface area contributed by atoms with Crippen LogP contribution >= 0.6 is 18.1 Å². The highest BCUT2D eigenvalue weighted by atomic mass is 31.0. The van der Waals surface area contributed by atoms with E-state index < -0.39 is 7.54 Å². The van der Waals surface area contributed by atoms with Crippen molar-refractivity contribution in [1.29, 1.82) is 0 Å². The smallest absolute Gasteiger partial charge is 0.762 e. The zero-order valence-electron chi connectivity index (χ0n) is 33.0. The van der Waals surface area contributed by atoms with Crippen LogP contribution in [0.3, 0.4) is 0 Å². The third kappa shape index (κ3) is 11.7. The van der Waals surface area contributed by atoms with E-state index in [9.17, 15) is 12.9 Å². The van der Waals surface area contributed by atoms with Gasteiger partial charge in [-0.15, -0.1) is 0 Å². The highest BCUT2D eigenvalue weighted by molar-refractivity contribution is 7.37. The van der Waals surface area contributed by atoms with Crippen molar-refractivity contribution in [2.75, 3.05) is 0 Å². The first kappa shape index (κ1) is 45.0. The lowest BCUT2D eigenvalue weighted by Crippen LogP contribution is -3.00. The molecular formula is C50H45BF4OP2. The van der Waals surface area contributed by atoms with E-state index in [0.29, 0.717) is 0 Å². The first-order valence-corrected chi connectivity index (χ1v) is 19.3. The van der Waals surface area contributed by atoms with Crippen LogP contribution in [0, 0.1) is 27.7 Å². The van der Waals surface area contributed by atoms with Crippen molar-refractivity contribution in [3.63, 3.8) is 0 Å². The summed E-state index contributed by atoms with van der Waals surface area (Å²) in [5.74, 6) is 1.78.